The van der Waals surface area contributed by atoms with E-state index >= 15 is 0 Å². The third-order valence-electron chi connectivity index (χ3n) is 2.89. The molecular formula is C11H19N3O. The van der Waals surface area contributed by atoms with E-state index in [4.69, 9.17) is 4.74 Å². The maximum Gasteiger partial charge on any atom is 0.0726 e. The maximum absolute atomic E-state index is 5.33. The molecule has 1 N–H and O–H groups in total. The van der Waals surface area contributed by atoms with Crippen molar-refractivity contribution in [2.75, 3.05) is 25.1 Å². The van der Waals surface area contributed by atoms with Crippen LogP contribution >= 0.6 is 0 Å². The second-order valence-corrected chi connectivity index (χ2v) is 4.02. The topological polar surface area (TPSA) is 39.1 Å². The van der Waals surface area contributed by atoms with Crippen LogP contribution in [0.1, 0.15) is 19.8 Å². The van der Waals surface area contributed by atoms with Crippen LogP contribution in [0.5, 0.6) is 0 Å². The predicted octanol–water partition coefficient (Wildman–Crippen LogP) is 1.74. The van der Waals surface area contributed by atoms with E-state index in [1.54, 1.807) is 0 Å². The predicted molar refractivity (Wildman–Crippen MR) is 59.9 cm³/mol. The van der Waals surface area contributed by atoms with Crippen molar-refractivity contribution in [3.8, 4) is 0 Å². The van der Waals surface area contributed by atoms with E-state index in [-0.39, 0.29) is 0 Å². The smallest absolute Gasteiger partial charge is 0.0726 e. The van der Waals surface area contributed by atoms with Gasteiger partial charge in [-0.05, 0) is 25.7 Å². The van der Waals surface area contributed by atoms with E-state index in [9.17, 15) is 0 Å². The molecule has 2 heterocycles. The summed E-state index contributed by atoms with van der Waals surface area (Å²) in [6.07, 6.45) is 6.30. The molecule has 4 heteroatoms. The number of rotatable bonds is 4. The second kappa shape index (κ2) is 5.16. The Hall–Kier alpha value is -1.03. The Kier molecular flexibility index (Phi) is 3.61. The average molecular weight is 209 g/mol. The minimum Gasteiger partial charge on any atom is -0.382 e. The summed E-state index contributed by atoms with van der Waals surface area (Å²) in [6.45, 7) is 5.90. The zero-order valence-electron chi connectivity index (χ0n) is 9.28. The van der Waals surface area contributed by atoms with Gasteiger partial charge in [0.15, 0.2) is 0 Å². The van der Waals surface area contributed by atoms with Crippen LogP contribution in [-0.4, -0.2) is 29.5 Å². The number of nitrogens with zero attached hydrogens (tertiary/aromatic N) is 2. The molecule has 1 saturated heterocycles. The van der Waals surface area contributed by atoms with E-state index in [1.807, 2.05) is 10.9 Å². The number of ether oxygens (including phenoxy) is 1. The fraction of sp³-hybridized carbons (Fsp3) is 0.727. The van der Waals surface area contributed by atoms with E-state index in [0.717, 1.165) is 37.9 Å². The van der Waals surface area contributed by atoms with Crippen LogP contribution in [0.3, 0.4) is 0 Å². The summed E-state index contributed by atoms with van der Waals surface area (Å²) in [5.74, 6) is 0.753. The molecule has 0 amide bonds. The Bertz CT molecular complexity index is 292. The largest absolute Gasteiger partial charge is 0.382 e. The molecule has 1 fully saturated rings. The Labute approximate surface area is 90.6 Å². The summed E-state index contributed by atoms with van der Waals surface area (Å²) in [7, 11) is 0. The van der Waals surface area contributed by atoms with Gasteiger partial charge in [0.1, 0.15) is 0 Å². The first kappa shape index (κ1) is 10.5. The van der Waals surface area contributed by atoms with Gasteiger partial charge in [0.25, 0.3) is 0 Å². The monoisotopic (exact) mass is 209 g/mol. The Morgan fingerprint density at radius 1 is 1.53 bits per heavy atom. The summed E-state index contributed by atoms with van der Waals surface area (Å²) in [5, 5.41) is 7.66. The molecule has 0 aromatic carbocycles. The molecule has 1 aromatic heterocycles. The van der Waals surface area contributed by atoms with Gasteiger partial charge in [0, 0.05) is 32.5 Å². The van der Waals surface area contributed by atoms with Crippen molar-refractivity contribution in [1.29, 1.82) is 0 Å². The molecule has 0 unspecified atom stereocenters. The molecule has 4 nitrogen and oxygen atoms in total. The normalized spacial score (nSPS) is 17.9. The van der Waals surface area contributed by atoms with Gasteiger partial charge < -0.3 is 10.1 Å². The summed E-state index contributed by atoms with van der Waals surface area (Å²) in [6, 6.07) is 0. The van der Waals surface area contributed by atoms with Crippen molar-refractivity contribution in [3.05, 3.63) is 12.4 Å². The summed E-state index contributed by atoms with van der Waals surface area (Å²) in [4.78, 5) is 0. The fourth-order valence-corrected chi connectivity index (χ4v) is 1.84. The van der Waals surface area contributed by atoms with Gasteiger partial charge in [-0.25, -0.2) is 0 Å². The van der Waals surface area contributed by atoms with Crippen LogP contribution in [0.2, 0.25) is 0 Å². The van der Waals surface area contributed by atoms with Crippen LogP contribution in [-0.2, 0) is 11.3 Å². The van der Waals surface area contributed by atoms with Crippen molar-refractivity contribution >= 4 is 5.69 Å². The molecule has 84 valence electrons. The highest BCUT2D eigenvalue weighted by Crippen LogP contribution is 2.15. The number of aromatic nitrogens is 2. The minimum atomic E-state index is 0.753. The lowest BCUT2D eigenvalue weighted by atomic mass is 10.0. The maximum atomic E-state index is 5.33. The molecule has 0 saturated carbocycles. The molecule has 2 rings (SSSR count). The number of hydrogen-bond acceptors (Lipinski definition) is 3. The molecule has 0 spiro atoms. The lowest BCUT2D eigenvalue weighted by Gasteiger charge is -2.22. The minimum absolute atomic E-state index is 0.753. The van der Waals surface area contributed by atoms with E-state index in [0.29, 0.717) is 0 Å². The van der Waals surface area contributed by atoms with Gasteiger partial charge in [-0.15, -0.1) is 0 Å². The quantitative estimate of drug-likeness (QED) is 0.821. The molecule has 0 radical (unpaired) electrons. The van der Waals surface area contributed by atoms with Crippen LogP contribution in [0.4, 0.5) is 5.69 Å². The zero-order chi connectivity index (χ0) is 10.5. The Morgan fingerprint density at radius 3 is 3.00 bits per heavy atom. The molecule has 1 aliphatic rings. The summed E-state index contributed by atoms with van der Waals surface area (Å²) in [5.41, 5.74) is 1.13. The lowest BCUT2D eigenvalue weighted by Crippen LogP contribution is -2.22. The van der Waals surface area contributed by atoms with Crippen molar-refractivity contribution in [2.24, 2.45) is 5.92 Å². The first-order valence-corrected chi connectivity index (χ1v) is 5.72. The highest BCUT2D eigenvalue weighted by atomic mass is 16.5. The first-order valence-electron chi connectivity index (χ1n) is 5.72. The molecular weight excluding hydrogens is 190 g/mol. The summed E-state index contributed by atoms with van der Waals surface area (Å²) >= 11 is 0. The molecule has 1 aromatic rings. The van der Waals surface area contributed by atoms with Gasteiger partial charge in [-0.1, -0.05) is 0 Å². The average Bonchev–Trinajstić information content (AvgIpc) is 2.76. The highest BCUT2D eigenvalue weighted by Gasteiger charge is 2.13. The van der Waals surface area contributed by atoms with Crippen molar-refractivity contribution in [2.45, 2.75) is 26.3 Å². The Morgan fingerprint density at radius 2 is 2.33 bits per heavy atom. The van der Waals surface area contributed by atoms with E-state index < -0.39 is 0 Å². The number of aryl methyl sites for hydroxylation is 1. The third kappa shape index (κ3) is 2.96. The molecule has 0 bridgehead atoms. The fourth-order valence-electron chi connectivity index (χ4n) is 1.84. The van der Waals surface area contributed by atoms with Gasteiger partial charge in [-0.2, -0.15) is 5.10 Å². The molecule has 1 aliphatic heterocycles. The third-order valence-corrected chi connectivity index (χ3v) is 2.89. The molecule has 0 atom stereocenters. The van der Waals surface area contributed by atoms with E-state index in [2.05, 4.69) is 23.5 Å². The van der Waals surface area contributed by atoms with Gasteiger partial charge >= 0.3 is 0 Å². The number of hydrogen-bond donors (Lipinski definition) is 1. The molecule has 0 aliphatic carbocycles. The second-order valence-electron chi connectivity index (χ2n) is 4.02. The Balaban J connectivity index is 1.76. The van der Waals surface area contributed by atoms with Crippen LogP contribution in [0, 0.1) is 5.92 Å². The van der Waals surface area contributed by atoms with Gasteiger partial charge in [0.05, 0.1) is 11.9 Å². The highest BCUT2D eigenvalue weighted by molar-refractivity contribution is 5.37. The first-order chi connectivity index (χ1) is 7.38. The van der Waals surface area contributed by atoms with Crippen molar-refractivity contribution in [1.82, 2.24) is 9.78 Å². The van der Waals surface area contributed by atoms with Gasteiger partial charge in [-0.3, -0.25) is 4.68 Å². The standard InChI is InChI=1S/C11H19N3O/c1-2-14-9-11(8-13-14)12-7-10-3-5-15-6-4-10/h8-10,12H,2-7H2,1H3. The van der Waals surface area contributed by atoms with E-state index in [1.165, 1.54) is 12.8 Å². The van der Waals surface area contributed by atoms with Crippen LogP contribution in [0.25, 0.3) is 0 Å². The van der Waals surface area contributed by atoms with Gasteiger partial charge in [0.2, 0.25) is 0 Å². The van der Waals surface area contributed by atoms with Crippen LogP contribution in [0.15, 0.2) is 12.4 Å². The zero-order valence-corrected chi connectivity index (χ0v) is 9.28. The molecule has 15 heavy (non-hydrogen) atoms. The number of nitrogens with one attached hydrogen (secondary N) is 1. The SMILES string of the molecule is CCn1cc(NCC2CCOCC2)cn1. The van der Waals surface area contributed by atoms with Crippen molar-refractivity contribution < 1.29 is 4.74 Å². The van der Waals surface area contributed by atoms with Crippen LogP contribution < -0.4 is 5.32 Å². The van der Waals surface area contributed by atoms with Crippen molar-refractivity contribution in [3.63, 3.8) is 0 Å². The summed E-state index contributed by atoms with van der Waals surface area (Å²) < 4.78 is 7.27. The number of anilines is 1. The lowest BCUT2D eigenvalue weighted by molar-refractivity contribution is 0.0699.